The zero-order valence-electron chi connectivity index (χ0n) is 54.4. The standard InChI is InChI=1S/C74H140O6/c1-4-7-10-13-16-19-22-24-26-28-30-32-34-35-36-37-38-39-41-42-44-46-48-50-52-55-58-61-64-67-73(76)79-70-71(69-78-72(75)66-63-60-57-54-21-18-15-12-9-6-3)80-74(77)68-65-62-59-56-53-51-49-47-45-43-40-33-31-29-27-25-23-20-17-14-11-8-5-2/h22,24,28,30,71H,4-21,23,25-27,29,31-70H2,1-3H3/b24-22-,30-28-. The molecular formula is C74H140O6. The van der Waals surface area contributed by atoms with Crippen molar-refractivity contribution in [3.05, 3.63) is 24.3 Å². The summed E-state index contributed by atoms with van der Waals surface area (Å²) in [7, 11) is 0. The molecule has 0 rings (SSSR count). The lowest BCUT2D eigenvalue weighted by atomic mass is 10.0. The second-order valence-corrected chi connectivity index (χ2v) is 24.9. The highest BCUT2D eigenvalue weighted by molar-refractivity contribution is 5.71. The van der Waals surface area contributed by atoms with Crippen LogP contribution in [0.1, 0.15) is 412 Å². The van der Waals surface area contributed by atoms with Crippen LogP contribution in [0.2, 0.25) is 0 Å². The van der Waals surface area contributed by atoms with Crippen molar-refractivity contribution in [3.8, 4) is 0 Å². The molecule has 0 saturated carbocycles. The highest BCUT2D eigenvalue weighted by Gasteiger charge is 2.19. The van der Waals surface area contributed by atoms with Gasteiger partial charge in [-0.05, 0) is 51.4 Å². The molecule has 0 aliphatic heterocycles. The van der Waals surface area contributed by atoms with Crippen LogP contribution in [0.25, 0.3) is 0 Å². The van der Waals surface area contributed by atoms with E-state index in [1.54, 1.807) is 0 Å². The van der Waals surface area contributed by atoms with Crippen molar-refractivity contribution in [2.75, 3.05) is 13.2 Å². The lowest BCUT2D eigenvalue weighted by Gasteiger charge is -2.18. The molecule has 0 heterocycles. The number of esters is 3. The van der Waals surface area contributed by atoms with Crippen LogP contribution in [-0.4, -0.2) is 37.2 Å². The number of carbonyl (C=O) groups is 3. The van der Waals surface area contributed by atoms with E-state index in [4.69, 9.17) is 14.2 Å². The molecule has 0 aromatic carbocycles. The van der Waals surface area contributed by atoms with Gasteiger partial charge in [0.1, 0.15) is 13.2 Å². The normalized spacial score (nSPS) is 12.1. The predicted molar refractivity (Wildman–Crippen MR) is 349 cm³/mol. The van der Waals surface area contributed by atoms with Crippen molar-refractivity contribution in [2.45, 2.75) is 419 Å². The number of ether oxygens (including phenoxy) is 3. The zero-order valence-corrected chi connectivity index (χ0v) is 54.4. The summed E-state index contributed by atoms with van der Waals surface area (Å²) in [5.74, 6) is -0.831. The molecule has 80 heavy (non-hydrogen) atoms. The Morgan fingerprint density at radius 3 is 0.688 bits per heavy atom. The number of hydrogen-bond donors (Lipinski definition) is 0. The van der Waals surface area contributed by atoms with Gasteiger partial charge in [0, 0.05) is 19.3 Å². The van der Waals surface area contributed by atoms with Crippen LogP contribution in [0.3, 0.4) is 0 Å². The number of allylic oxidation sites excluding steroid dienone is 4. The molecule has 0 aliphatic rings. The molecule has 6 heteroatoms. The topological polar surface area (TPSA) is 78.9 Å². The lowest BCUT2D eigenvalue weighted by molar-refractivity contribution is -0.167. The minimum absolute atomic E-state index is 0.0637. The van der Waals surface area contributed by atoms with Crippen LogP contribution in [0.15, 0.2) is 24.3 Å². The highest BCUT2D eigenvalue weighted by atomic mass is 16.6. The van der Waals surface area contributed by atoms with Gasteiger partial charge in [0.2, 0.25) is 0 Å². The van der Waals surface area contributed by atoms with Crippen molar-refractivity contribution < 1.29 is 28.6 Å². The van der Waals surface area contributed by atoms with E-state index in [-0.39, 0.29) is 31.1 Å². The minimum atomic E-state index is -0.766. The van der Waals surface area contributed by atoms with Crippen LogP contribution >= 0.6 is 0 Å². The van der Waals surface area contributed by atoms with Gasteiger partial charge in [-0.2, -0.15) is 0 Å². The van der Waals surface area contributed by atoms with Gasteiger partial charge in [-0.1, -0.05) is 366 Å². The summed E-state index contributed by atoms with van der Waals surface area (Å²) in [5.41, 5.74) is 0. The molecule has 1 unspecified atom stereocenters. The first-order chi connectivity index (χ1) is 39.5. The second-order valence-electron chi connectivity index (χ2n) is 24.9. The summed E-state index contributed by atoms with van der Waals surface area (Å²) in [6.07, 6.45) is 85.1. The Labute approximate surface area is 500 Å². The largest absolute Gasteiger partial charge is 0.462 e. The maximum Gasteiger partial charge on any atom is 0.306 e. The average Bonchev–Trinajstić information content (AvgIpc) is 3.46. The van der Waals surface area contributed by atoms with Crippen molar-refractivity contribution in [3.63, 3.8) is 0 Å². The molecule has 0 radical (unpaired) electrons. The third-order valence-corrected chi connectivity index (χ3v) is 16.7. The number of rotatable bonds is 68. The van der Waals surface area contributed by atoms with E-state index in [0.29, 0.717) is 19.3 Å². The van der Waals surface area contributed by atoms with E-state index < -0.39 is 6.10 Å². The predicted octanol–water partition coefficient (Wildman–Crippen LogP) is 25.0. The first-order valence-electron chi connectivity index (χ1n) is 36.3. The molecule has 6 nitrogen and oxygen atoms in total. The Balaban J connectivity index is 4.10. The summed E-state index contributed by atoms with van der Waals surface area (Å²) in [5, 5.41) is 0. The van der Waals surface area contributed by atoms with Crippen LogP contribution in [-0.2, 0) is 28.6 Å². The van der Waals surface area contributed by atoms with E-state index in [2.05, 4.69) is 45.1 Å². The van der Waals surface area contributed by atoms with Gasteiger partial charge in [-0.25, -0.2) is 0 Å². The monoisotopic (exact) mass is 1130 g/mol. The van der Waals surface area contributed by atoms with E-state index in [1.165, 1.54) is 308 Å². The smallest absolute Gasteiger partial charge is 0.306 e. The Morgan fingerprint density at radius 1 is 0.250 bits per heavy atom. The van der Waals surface area contributed by atoms with E-state index in [0.717, 1.165) is 64.2 Å². The van der Waals surface area contributed by atoms with Gasteiger partial charge < -0.3 is 14.2 Å². The SMILES string of the molecule is CCCCCCC/C=C\C/C=C\CCCCCCCCCCCCCCCCCCCC(=O)OCC(COC(=O)CCCCCCCCCCCC)OC(=O)CCCCCCCCCCCCCCCCCCCCCCCCC. The van der Waals surface area contributed by atoms with Gasteiger partial charge in [0.05, 0.1) is 0 Å². The van der Waals surface area contributed by atoms with Crippen molar-refractivity contribution >= 4 is 17.9 Å². The molecule has 0 saturated heterocycles. The fourth-order valence-electron chi connectivity index (χ4n) is 11.2. The summed E-state index contributed by atoms with van der Waals surface area (Å²) in [6.45, 7) is 6.70. The first-order valence-corrected chi connectivity index (χ1v) is 36.3. The van der Waals surface area contributed by atoms with Crippen molar-refractivity contribution in [2.24, 2.45) is 0 Å². The van der Waals surface area contributed by atoms with Gasteiger partial charge in [0.25, 0.3) is 0 Å². The van der Waals surface area contributed by atoms with Crippen LogP contribution in [0.5, 0.6) is 0 Å². The molecule has 0 fully saturated rings. The fraction of sp³-hybridized carbons (Fsp3) is 0.905. The Morgan fingerprint density at radius 2 is 0.450 bits per heavy atom. The quantitative estimate of drug-likeness (QED) is 0.0261. The maximum absolute atomic E-state index is 12.9. The maximum atomic E-state index is 12.9. The molecule has 1 atom stereocenters. The van der Waals surface area contributed by atoms with Crippen LogP contribution < -0.4 is 0 Å². The van der Waals surface area contributed by atoms with E-state index in [9.17, 15) is 14.4 Å². The molecule has 0 aliphatic carbocycles. The second kappa shape index (κ2) is 69.4. The summed E-state index contributed by atoms with van der Waals surface area (Å²) < 4.78 is 17.0. The molecule has 0 bridgehead atoms. The van der Waals surface area contributed by atoms with Crippen LogP contribution in [0.4, 0.5) is 0 Å². The molecule has 0 aromatic heterocycles. The highest BCUT2D eigenvalue weighted by Crippen LogP contribution is 2.19. The molecule has 0 aromatic rings. The van der Waals surface area contributed by atoms with Crippen LogP contribution in [0, 0.1) is 0 Å². The number of hydrogen-bond acceptors (Lipinski definition) is 6. The number of unbranched alkanes of at least 4 members (excludes halogenated alkanes) is 53. The summed E-state index contributed by atoms with van der Waals surface area (Å²) in [4.78, 5) is 38.3. The molecule has 472 valence electrons. The number of carbonyl (C=O) groups excluding carboxylic acids is 3. The van der Waals surface area contributed by atoms with E-state index in [1.807, 2.05) is 0 Å². The zero-order chi connectivity index (χ0) is 57.8. The Hall–Kier alpha value is -2.11. The molecule has 0 spiro atoms. The van der Waals surface area contributed by atoms with Gasteiger partial charge in [-0.3, -0.25) is 14.4 Å². The minimum Gasteiger partial charge on any atom is -0.462 e. The first kappa shape index (κ1) is 77.9. The Kier molecular flexibility index (Phi) is 67.6. The van der Waals surface area contributed by atoms with Gasteiger partial charge in [0.15, 0.2) is 6.10 Å². The summed E-state index contributed by atoms with van der Waals surface area (Å²) in [6, 6.07) is 0. The lowest BCUT2D eigenvalue weighted by Crippen LogP contribution is -2.30. The molecular weight excluding hydrogens is 985 g/mol. The van der Waals surface area contributed by atoms with Gasteiger partial charge in [-0.15, -0.1) is 0 Å². The average molecular weight is 1130 g/mol. The van der Waals surface area contributed by atoms with E-state index >= 15 is 0 Å². The molecule has 0 N–H and O–H groups in total. The van der Waals surface area contributed by atoms with Gasteiger partial charge >= 0.3 is 17.9 Å². The molecule has 0 amide bonds. The van der Waals surface area contributed by atoms with Crippen molar-refractivity contribution in [1.29, 1.82) is 0 Å². The Bertz CT molecular complexity index is 1290. The summed E-state index contributed by atoms with van der Waals surface area (Å²) >= 11 is 0. The fourth-order valence-corrected chi connectivity index (χ4v) is 11.2. The third-order valence-electron chi connectivity index (χ3n) is 16.7. The third kappa shape index (κ3) is 66.7. The van der Waals surface area contributed by atoms with Crippen molar-refractivity contribution in [1.82, 2.24) is 0 Å².